The maximum absolute atomic E-state index is 9.03. The fraction of sp³-hybridized carbons (Fsp3) is 0.600. The van der Waals surface area contributed by atoms with Crippen LogP contribution in [0.2, 0.25) is 0 Å². The molecular formula is C10H17BrN4O. The lowest BCUT2D eigenvalue weighted by atomic mass is 9.95. The Hall–Kier alpha value is -0.880. The van der Waals surface area contributed by atoms with Gasteiger partial charge in [0.25, 0.3) is 0 Å². The summed E-state index contributed by atoms with van der Waals surface area (Å²) in [6.07, 6.45) is 2.95. The van der Waals surface area contributed by atoms with Gasteiger partial charge in [0.1, 0.15) is 22.4 Å². The van der Waals surface area contributed by atoms with E-state index in [1.165, 1.54) is 6.33 Å². The molecule has 0 aliphatic heterocycles. The number of rotatable bonds is 5. The maximum Gasteiger partial charge on any atom is 0.146 e. The van der Waals surface area contributed by atoms with Crippen molar-refractivity contribution >= 4 is 27.6 Å². The zero-order chi connectivity index (χ0) is 12.2. The van der Waals surface area contributed by atoms with E-state index in [1.807, 2.05) is 6.92 Å². The van der Waals surface area contributed by atoms with Crippen molar-refractivity contribution in [2.45, 2.75) is 32.2 Å². The molecule has 1 unspecified atom stereocenters. The van der Waals surface area contributed by atoms with Crippen LogP contribution in [-0.2, 0) is 0 Å². The number of aliphatic hydroxyl groups is 1. The molecule has 0 bridgehead atoms. The smallest absolute Gasteiger partial charge is 0.146 e. The van der Waals surface area contributed by atoms with E-state index < -0.39 is 0 Å². The Bertz CT molecular complexity index is 361. The Morgan fingerprint density at radius 3 is 2.81 bits per heavy atom. The van der Waals surface area contributed by atoms with Crippen LogP contribution in [0, 0.1) is 0 Å². The second kappa shape index (κ2) is 5.45. The van der Waals surface area contributed by atoms with E-state index >= 15 is 0 Å². The summed E-state index contributed by atoms with van der Waals surface area (Å²) in [4.78, 5) is 8.00. The van der Waals surface area contributed by atoms with Gasteiger partial charge in [0.15, 0.2) is 0 Å². The fourth-order valence-corrected chi connectivity index (χ4v) is 1.63. The van der Waals surface area contributed by atoms with Crippen LogP contribution in [0.3, 0.4) is 0 Å². The molecule has 16 heavy (non-hydrogen) atoms. The van der Waals surface area contributed by atoms with Crippen molar-refractivity contribution in [1.82, 2.24) is 9.97 Å². The molecule has 0 amide bonds. The quantitative estimate of drug-likeness (QED) is 0.769. The zero-order valence-corrected chi connectivity index (χ0v) is 11.1. The third-order valence-corrected chi connectivity index (χ3v) is 3.46. The Morgan fingerprint density at radius 2 is 2.25 bits per heavy atom. The highest BCUT2D eigenvalue weighted by Crippen LogP contribution is 2.28. The molecule has 1 rings (SSSR count). The molecule has 0 radical (unpaired) electrons. The van der Waals surface area contributed by atoms with Crippen molar-refractivity contribution in [2.75, 3.05) is 17.7 Å². The predicted octanol–water partition coefficient (Wildman–Crippen LogP) is 1.78. The second-order valence-corrected chi connectivity index (χ2v) is 4.73. The second-order valence-electron chi connectivity index (χ2n) is 3.93. The molecule has 1 atom stereocenters. The number of aliphatic hydroxyl groups excluding tert-OH is 1. The van der Waals surface area contributed by atoms with Crippen LogP contribution in [0.15, 0.2) is 10.8 Å². The van der Waals surface area contributed by atoms with Gasteiger partial charge in [-0.2, -0.15) is 0 Å². The van der Waals surface area contributed by atoms with Gasteiger partial charge in [0, 0.05) is 12.1 Å². The third-order valence-electron chi connectivity index (χ3n) is 2.68. The van der Waals surface area contributed by atoms with Crippen molar-refractivity contribution in [1.29, 1.82) is 0 Å². The minimum Gasteiger partial charge on any atom is -0.396 e. The molecule has 1 aromatic heterocycles. The molecule has 4 N–H and O–H groups in total. The topological polar surface area (TPSA) is 84.1 Å². The maximum atomic E-state index is 9.03. The van der Waals surface area contributed by atoms with E-state index in [9.17, 15) is 0 Å². The molecule has 0 aromatic carbocycles. The molecule has 0 fully saturated rings. The highest BCUT2D eigenvalue weighted by Gasteiger charge is 2.23. The molecule has 0 aliphatic rings. The number of nitrogens with two attached hydrogens (primary N) is 1. The number of nitrogen functional groups attached to an aromatic ring is 1. The Balaban J connectivity index is 2.90. The van der Waals surface area contributed by atoms with Crippen LogP contribution in [0.4, 0.5) is 11.6 Å². The lowest BCUT2D eigenvalue weighted by Gasteiger charge is -2.30. The predicted molar refractivity (Wildman–Crippen MR) is 68.2 cm³/mol. The number of halogens is 1. The molecule has 0 saturated heterocycles. The van der Waals surface area contributed by atoms with Crippen LogP contribution in [0.1, 0.15) is 26.7 Å². The van der Waals surface area contributed by atoms with Gasteiger partial charge >= 0.3 is 0 Å². The van der Waals surface area contributed by atoms with Crippen LogP contribution in [0.25, 0.3) is 0 Å². The molecule has 0 saturated carbocycles. The molecule has 0 spiro atoms. The van der Waals surface area contributed by atoms with Gasteiger partial charge < -0.3 is 16.2 Å². The minimum absolute atomic E-state index is 0.134. The first-order valence-electron chi connectivity index (χ1n) is 5.17. The van der Waals surface area contributed by atoms with Crippen LogP contribution in [-0.4, -0.2) is 27.2 Å². The number of anilines is 2. The molecule has 5 nitrogen and oxygen atoms in total. The summed E-state index contributed by atoms with van der Waals surface area (Å²) in [5.74, 6) is 1.06. The van der Waals surface area contributed by atoms with Gasteiger partial charge in [0.05, 0.1) is 0 Å². The molecule has 1 heterocycles. The largest absolute Gasteiger partial charge is 0.396 e. The summed E-state index contributed by atoms with van der Waals surface area (Å²) in [5, 5.41) is 12.3. The number of hydrogen-bond acceptors (Lipinski definition) is 5. The Kier molecular flexibility index (Phi) is 4.49. The monoisotopic (exact) mass is 288 g/mol. The summed E-state index contributed by atoms with van der Waals surface area (Å²) in [6, 6.07) is 0. The first-order chi connectivity index (χ1) is 7.52. The van der Waals surface area contributed by atoms with E-state index in [-0.39, 0.29) is 12.1 Å². The summed E-state index contributed by atoms with van der Waals surface area (Å²) in [7, 11) is 0. The van der Waals surface area contributed by atoms with E-state index in [0.29, 0.717) is 22.5 Å². The standard InChI is InChI=1S/C10H17BrN4O/c1-3-10(2,4-5-16)15-9-7(11)8(12)13-6-14-9/h6,16H,3-5H2,1-2H3,(H3,12,13,14,15). The van der Waals surface area contributed by atoms with Crippen molar-refractivity contribution in [3.8, 4) is 0 Å². The summed E-state index contributed by atoms with van der Waals surface area (Å²) in [6.45, 7) is 4.23. The van der Waals surface area contributed by atoms with Gasteiger partial charge in [0.2, 0.25) is 0 Å². The highest BCUT2D eigenvalue weighted by atomic mass is 79.9. The fourth-order valence-electron chi connectivity index (χ4n) is 1.33. The van der Waals surface area contributed by atoms with Crippen LogP contribution < -0.4 is 11.1 Å². The first-order valence-corrected chi connectivity index (χ1v) is 5.96. The van der Waals surface area contributed by atoms with Gasteiger partial charge in [-0.15, -0.1) is 0 Å². The Labute approximate surface area is 104 Å². The number of hydrogen-bond donors (Lipinski definition) is 3. The number of nitrogens with one attached hydrogen (secondary N) is 1. The summed E-state index contributed by atoms with van der Waals surface area (Å²) in [5.41, 5.74) is 5.47. The van der Waals surface area contributed by atoms with Crippen LogP contribution in [0.5, 0.6) is 0 Å². The van der Waals surface area contributed by atoms with Crippen molar-refractivity contribution < 1.29 is 5.11 Å². The van der Waals surface area contributed by atoms with E-state index in [2.05, 4.69) is 38.1 Å². The van der Waals surface area contributed by atoms with Gasteiger partial charge in [-0.25, -0.2) is 9.97 Å². The number of aromatic nitrogens is 2. The van der Waals surface area contributed by atoms with Crippen molar-refractivity contribution in [3.63, 3.8) is 0 Å². The molecular weight excluding hydrogens is 272 g/mol. The minimum atomic E-state index is -0.196. The first kappa shape index (κ1) is 13.2. The van der Waals surface area contributed by atoms with Crippen molar-refractivity contribution in [2.24, 2.45) is 0 Å². The highest BCUT2D eigenvalue weighted by molar-refractivity contribution is 9.10. The van der Waals surface area contributed by atoms with E-state index in [1.54, 1.807) is 0 Å². The lowest BCUT2D eigenvalue weighted by Crippen LogP contribution is -2.35. The SMILES string of the molecule is CCC(C)(CCO)Nc1ncnc(N)c1Br. The summed E-state index contributed by atoms with van der Waals surface area (Å²) < 4.78 is 0.660. The van der Waals surface area contributed by atoms with Gasteiger partial charge in [-0.1, -0.05) is 6.92 Å². The molecule has 0 aliphatic carbocycles. The van der Waals surface area contributed by atoms with Crippen molar-refractivity contribution in [3.05, 3.63) is 10.8 Å². The van der Waals surface area contributed by atoms with Gasteiger partial charge in [-0.05, 0) is 35.7 Å². The van der Waals surface area contributed by atoms with Gasteiger partial charge in [-0.3, -0.25) is 0 Å². The number of nitrogens with zero attached hydrogens (tertiary/aromatic N) is 2. The molecule has 1 aromatic rings. The average Bonchev–Trinajstić information content (AvgIpc) is 2.25. The third kappa shape index (κ3) is 3.05. The van der Waals surface area contributed by atoms with E-state index in [0.717, 1.165) is 6.42 Å². The lowest BCUT2D eigenvalue weighted by molar-refractivity contribution is 0.251. The molecule has 6 heteroatoms. The summed E-state index contributed by atoms with van der Waals surface area (Å²) >= 11 is 3.34. The van der Waals surface area contributed by atoms with Crippen LogP contribution >= 0.6 is 15.9 Å². The Morgan fingerprint density at radius 1 is 1.56 bits per heavy atom. The normalized spacial score (nSPS) is 14.5. The zero-order valence-electron chi connectivity index (χ0n) is 9.50. The molecule has 90 valence electrons. The average molecular weight is 289 g/mol. The van der Waals surface area contributed by atoms with E-state index in [4.69, 9.17) is 10.8 Å².